The van der Waals surface area contributed by atoms with Gasteiger partial charge in [-0.2, -0.15) is 10.4 Å². The van der Waals surface area contributed by atoms with Gasteiger partial charge in [0.2, 0.25) is 0 Å². The lowest BCUT2D eigenvalue weighted by Gasteiger charge is -2.14. The van der Waals surface area contributed by atoms with Crippen molar-refractivity contribution in [2.75, 3.05) is 6.61 Å². The smallest absolute Gasteiger partial charge is 0.157 e. The third kappa shape index (κ3) is 4.90. The van der Waals surface area contributed by atoms with Gasteiger partial charge in [-0.15, -0.1) is 0 Å². The van der Waals surface area contributed by atoms with Gasteiger partial charge in [-0.1, -0.05) is 6.42 Å². The first-order chi connectivity index (χ1) is 8.07. The van der Waals surface area contributed by atoms with Crippen LogP contribution >= 0.6 is 0 Å². The lowest BCUT2D eigenvalue weighted by atomic mass is 9.89. The van der Waals surface area contributed by atoms with Crippen LogP contribution in [-0.2, 0) is 6.54 Å². The minimum Gasteiger partial charge on any atom is -0.491 e. The monoisotopic (exact) mass is 235 g/mol. The summed E-state index contributed by atoms with van der Waals surface area (Å²) in [5.74, 6) is 0.824. The van der Waals surface area contributed by atoms with Gasteiger partial charge in [-0.25, -0.2) is 0 Å². The number of rotatable bonds is 7. The minimum atomic E-state index is -0.208. The number of unbranched alkanes of at least 4 members (excludes halogenated alkanes) is 1. The van der Waals surface area contributed by atoms with Gasteiger partial charge >= 0.3 is 0 Å². The average molecular weight is 235 g/mol. The molecule has 0 saturated heterocycles. The van der Waals surface area contributed by atoms with Crippen LogP contribution in [0.1, 0.15) is 40.0 Å². The largest absolute Gasteiger partial charge is 0.491 e. The van der Waals surface area contributed by atoms with E-state index in [2.05, 4.69) is 11.2 Å². The van der Waals surface area contributed by atoms with Crippen LogP contribution in [0.2, 0.25) is 0 Å². The van der Waals surface area contributed by atoms with Crippen molar-refractivity contribution in [3.63, 3.8) is 0 Å². The van der Waals surface area contributed by atoms with Crippen molar-refractivity contribution >= 4 is 0 Å². The number of aryl methyl sites for hydroxylation is 1. The molecular formula is C13H21N3O. The van der Waals surface area contributed by atoms with E-state index in [9.17, 15) is 0 Å². The van der Waals surface area contributed by atoms with E-state index in [-0.39, 0.29) is 5.41 Å². The predicted octanol–water partition coefficient (Wildman–Crippen LogP) is 3.00. The fourth-order valence-corrected chi connectivity index (χ4v) is 1.60. The number of hydrogen-bond donors (Lipinski definition) is 0. The van der Waals surface area contributed by atoms with Crippen LogP contribution in [0.4, 0.5) is 0 Å². The molecule has 0 aliphatic carbocycles. The van der Waals surface area contributed by atoms with Crippen LogP contribution in [0.5, 0.6) is 5.75 Å². The first kappa shape index (κ1) is 13.6. The van der Waals surface area contributed by atoms with Gasteiger partial charge in [0.05, 0.1) is 30.5 Å². The summed E-state index contributed by atoms with van der Waals surface area (Å²) >= 11 is 0. The molecule has 0 aliphatic rings. The molecule has 0 unspecified atom stereocenters. The number of nitrogens with zero attached hydrogens (tertiary/aromatic N) is 3. The molecule has 0 saturated carbocycles. The highest BCUT2D eigenvalue weighted by atomic mass is 16.5. The van der Waals surface area contributed by atoms with Crippen LogP contribution in [0, 0.1) is 16.7 Å². The second-order valence-corrected chi connectivity index (χ2v) is 4.82. The van der Waals surface area contributed by atoms with Crippen LogP contribution in [-0.4, -0.2) is 16.4 Å². The maximum Gasteiger partial charge on any atom is 0.157 e. The van der Waals surface area contributed by atoms with Gasteiger partial charge in [-0.05, 0) is 33.6 Å². The molecule has 17 heavy (non-hydrogen) atoms. The van der Waals surface area contributed by atoms with E-state index in [1.54, 1.807) is 6.20 Å². The average Bonchev–Trinajstić information content (AvgIpc) is 2.73. The number of aromatic nitrogens is 2. The normalized spacial score (nSPS) is 11.2. The topological polar surface area (TPSA) is 50.8 Å². The van der Waals surface area contributed by atoms with E-state index in [1.165, 1.54) is 0 Å². The van der Waals surface area contributed by atoms with Crippen molar-refractivity contribution < 1.29 is 4.74 Å². The molecule has 0 N–H and O–H groups in total. The molecule has 0 fully saturated rings. The maximum absolute atomic E-state index is 8.89. The van der Waals surface area contributed by atoms with Gasteiger partial charge in [0, 0.05) is 6.54 Å². The molecule has 1 heterocycles. The summed E-state index contributed by atoms with van der Waals surface area (Å²) < 4.78 is 7.23. The SMILES string of the molecule is CCOc1cnn(CCCCC(C)(C)C#N)c1. The van der Waals surface area contributed by atoms with Crippen LogP contribution in [0.3, 0.4) is 0 Å². The highest BCUT2D eigenvalue weighted by Crippen LogP contribution is 2.21. The summed E-state index contributed by atoms with van der Waals surface area (Å²) in [5.41, 5.74) is -0.208. The second kappa shape index (κ2) is 6.29. The van der Waals surface area contributed by atoms with E-state index in [0.717, 1.165) is 31.6 Å². The summed E-state index contributed by atoms with van der Waals surface area (Å²) in [6.07, 6.45) is 6.67. The molecule has 0 aliphatic heterocycles. The molecule has 1 aromatic rings. The molecule has 0 radical (unpaired) electrons. The molecule has 0 bridgehead atoms. The molecule has 0 atom stereocenters. The van der Waals surface area contributed by atoms with Crippen molar-refractivity contribution in [2.45, 2.75) is 46.6 Å². The van der Waals surface area contributed by atoms with Crippen molar-refractivity contribution in [3.05, 3.63) is 12.4 Å². The molecule has 1 aromatic heterocycles. The fourth-order valence-electron chi connectivity index (χ4n) is 1.60. The Bertz CT molecular complexity index is 376. The number of ether oxygens (including phenoxy) is 1. The van der Waals surface area contributed by atoms with Gasteiger partial charge < -0.3 is 4.74 Å². The lowest BCUT2D eigenvalue weighted by molar-refractivity contribution is 0.339. The van der Waals surface area contributed by atoms with Crippen LogP contribution in [0.15, 0.2) is 12.4 Å². The van der Waals surface area contributed by atoms with E-state index in [0.29, 0.717) is 6.61 Å². The third-order valence-corrected chi connectivity index (χ3v) is 2.66. The molecule has 0 aromatic carbocycles. The van der Waals surface area contributed by atoms with E-state index in [4.69, 9.17) is 10.00 Å². The highest BCUT2D eigenvalue weighted by Gasteiger charge is 2.15. The van der Waals surface area contributed by atoms with Gasteiger partial charge in [0.1, 0.15) is 0 Å². The van der Waals surface area contributed by atoms with Gasteiger partial charge in [-0.3, -0.25) is 4.68 Å². The first-order valence-corrected chi connectivity index (χ1v) is 6.14. The summed E-state index contributed by atoms with van der Waals surface area (Å²) in [4.78, 5) is 0. The zero-order chi connectivity index (χ0) is 12.7. The molecular weight excluding hydrogens is 214 g/mol. The molecule has 94 valence electrons. The van der Waals surface area contributed by atoms with Crippen LogP contribution < -0.4 is 4.74 Å². The second-order valence-electron chi connectivity index (χ2n) is 4.82. The van der Waals surface area contributed by atoms with E-state index in [1.807, 2.05) is 31.6 Å². The quantitative estimate of drug-likeness (QED) is 0.683. The first-order valence-electron chi connectivity index (χ1n) is 6.14. The molecule has 4 heteroatoms. The molecule has 1 rings (SSSR count). The predicted molar refractivity (Wildman–Crippen MR) is 66.6 cm³/mol. The Morgan fingerprint density at radius 1 is 1.47 bits per heavy atom. The summed E-state index contributed by atoms with van der Waals surface area (Å²) in [5, 5.41) is 13.1. The Morgan fingerprint density at radius 2 is 2.24 bits per heavy atom. The zero-order valence-electron chi connectivity index (χ0n) is 10.9. The molecule has 0 amide bonds. The Morgan fingerprint density at radius 3 is 2.88 bits per heavy atom. The maximum atomic E-state index is 8.89. The van der Waals surface area contributed by atoms with Crippen molar-refractivity contribution in [1.29, 1.82) is 5.26 Å². The number of hydrogen-bond acceptors (Lipinski definition) is 3. The standard InChI is InChI=1S/C13H21N3O/c1-4-17-12-9-15-16(10-12)8-6-5-7-13(2,3)11-14/h9-10H,4-8H2,1-3H3. The van der Waals surface area contributed by atoms with Crippen molar-refractivity contribution in [2.24, 2.45) is 5.41 Å². The molecule has 4 nitrogen and oxygen atoms in total. The van der Waals surface area contributed by atoms with Gasteiger partial charge in [0.25, 0.3) is 0 Å². The Hall–Kier alpha value is -1.50. The Balaban J connectivity index is 2.24. The summed E-state index contributed by atoms with van der Waals surface area (Å²) in [6, 6.07) is 2.32. The van der Waals surface area contributed by atoms with Crippen molar-refractivity contribution in [1.82, 2.24) is 9.78 Å². The van der Waals surface area contributed by atoms with E-state index >= 15 is 0 Å². The Kier molecular flexibility index (Phi) is 5.02. The number of nitriles is 1. The third-order valence-electron chi connectivity index (χ3n) is 2.66. The summed E-state index contributed by atoms with van der Waals surface area (Å²) in [6.45, 7) is 7.47. The minimum absolute atomic E-state index is 0.208. The van der Waals surface area contributed by atoms with Gasteiger partial charge in [0.15, 0.2) is 5.75 Å². The van der Waals surface area contributed by atoms with Crippen molar-refractivity contribution in [3.8, 4) is 11.8 Å². The molecule has 0 spiro atoms. The Labute approximate surface area is 103 Å². The van der Waals surface area contributed by atoms with E-state index < -0.39 is 0 Å². The fraction of sp³-hybridized carbons (Fsp3) is 0.692. The highest BCUT2D eigenvalue weighted by molar-refractivity contribution is 5.11. The lowest BCUT2D eigenvalue weighted by Crippen LogP contribution is -2.08. The van der Waals surface area contributed by atoms with Crippen LogP contribution in [0.25, 0.3) is 0 Å². The zero-order valence-corrected chi connectivity index (χ0v) is 10.9. The summed E-state index contributed by atoms with van der Waals surface area (Å²) in [7, 11) is 0.